The SMILES string of the molecule is COc1cccc2c1NCC(=O)S2. The van der Waals surface area contributed by atoms with E-state index >= 15 is 0 Å². The number of ether oxygens (including phenoxy) is 1. The molecule has 1 N–H and O–H groups in total. The molecule has 0 spiro atoms. The smallest absolute Gasteiger partial charge is 0.212 e. The Labute approximate surface area is 80.5 Å². The Hall–Kier alpha value is -1.16. The second kappa shape index (κ2) is 3.30. The molecule has 2 rings (SSSR count). The van der Waals surface area contributed by atoms with Crippen LogP contribution in [0, 0.1) is 0 Å². The number of rotatable bonds is 1. The number of fused-ring (bicyclic) bond motifs is 1. The first kappa shape index (κ1) is 8.44. The van der Waals surface area contributed by atoms with Gasteiger partial charge < -0.3 is 10.1 Å². The van der Waals surface area contributed by atoms with Crippen molar-refractivity contribution in [1.82, 2.24) is 0 Å². The molecule has 0 saturated heterocycles. The van der Waals surface area contributed by atoms with Crippen molar-refractivity contribution in [3.05, 3.63) is 18.2 Å². The maximum absolute atomic E-state index is 11.1. The van der Waals surface area contributed by atoms with Crippen molar-refractivity contribution in [1.29, 1.82) is 0 Å². The van der Waals surface area contributed by atoms with Gasteiger partial charge in [-0.25, -0.2) is 0 Å². The fourth-order valence-corrected chi connectivity index (χ4v) is 2.07. The third-order valence-corrected chi connectivity index (χ3v) is 2.77. The minimum Gasteiger partial charge on any atom is -0.495 e. The number of methoxy groups -OCH3 is 1. The monoisotopic (exact) mass is 195 g/mol. The molecule has 1 heterocycles. The Morgan fingerprint density at radius 1 is 1.54 bits per heavy atom. The van der Waals surface area contributed by atoms with E-state index in [0.717, 1.165) is 16.3 Å². The number of carbonyl (C=O) groups is 1. The molecule has 0 aliphatic carbocycles. The van der Waals surface area contributed by atoms with Crippen LogP contribution in [0.4, 0.5) is 5.69 Å². The minimum atomic E-state index is 0.140. The van der Waals surface area contributed by atoms with Gasteiger partial charge in [0.05, 0.1) is 19.3 Å². The number of thioether (sulfide) groups is 1. The van der Waals surface area contributed by atoms with Gasteiger partial charge in [0.25, 0.3) is 0 Å². The van der Waals surface area contributed by atoms with E-state index in [0.29, 0.717) is 6.54 Å². The molecule has 3 nitrogen and oxygen atoms in total. The highest BCUT2D eigenvalue weighted by Gasteiger charge is 2.18. The van der Waals surface area contributed by atoms with Crippen molar-refractivity contribution in [3.63, 3.8) is 0 Å². The Bertz CT molecular complexity index is 351. The molecule has 13 heavy (non-hydrogen) atoms. The van der Waals surface area contributed by atoms with Gasteiger partial charge in [0.15, 0.2) is 0 Å². The number of nitrogens with one attached hydrogen (secondary N) is 1. The number of hydrogen-bond acceptors (Lipinski definition) is 4. The van der Waals surface area contributed by atoms with Crippen LogP contribution in [0.5, 0.6) is 5.75 Å². The average Bonchev–Trinajstić information content (AvgIpc) is 2.16. The Kier molecular flexibility index (Phi) is 2.14. The normalized spacial score (nSPS) is 14.7. The van der Waals surface area contributed by atoms with Crippen molar-refractivity contribution >= 4 is 22.6 Å². The maximum Gasteiger partial charge on any atom is 0.212 e. The maximum atomic E-state index is 11.1. The van der Waals surface area contributed by atoms with E-state index in [1.165, 1.54) is 11.8 Å². The molecule has 1 aliphatic heterocycles. The van der Waals surface area contributed by atoms with Crippen molar-refractivity contribution in [2.75, 3.05) is 19.0 Å². The molecule has 4 heteroatoms. The average molecular weight is 195 g/mol. The summed E-state index contributed by atoms with van der Waals surface area (Å²) in [7, 11) is 1.62. The zero-order valence-corrected chi connectivity index (χ0v) is 7.98. The van der Waals surface area contributed by atoms with Crippen LogP contribution in [0.15, 0.2) is 23.1 Å². The minimum absolute atomic E-state index is 0.140. The first-order valence-corrected chi connectivity index (χ1v) is 4.74. The van der Waals surface area contributed by atoms with Crippen LogP contribution in [0.1, 0.15) is 0 Å². The Morgan fingerprint density at radius 3 is 3.15 bits per heavy atom. The van der Waals surface area contributed by atoms with E-state index in [1.807, 2.05) is 18.2 Å². The van der Waals surface area contributed by atoms with Crippen LogP contribution >= 0.6 is 11.8 Å². The fraction of sp³-hybridized carbons (Fsp3) is 0.222. The van der Waals surface area contributed by atoms with Crippen LogP contribution in [0.25, 0.3) is 0 Å². The summed E-state index contributed by atoms with van der Waals surface area (Å²) < 4.78 is 5.16. The second-order valence-electron chi connectivity index (χ2n) is 2.66. The van der Waals surface area contributed by atoms with Crippen molar-refractivity contribution < 1.29 is 9.53 Å². The Morgan fingerprint density at radius 2 is 2.38 bits per heavy atom. The summed E-state index contributed by atoms with van der Waals surface area (Å²) >= 11 is 1.26. The molecule has 1 aromatic rings. The lowest BCUT2D eigenvalue weighted by Gasteiger charge is -2.18. The van der Waals surface area contributed by atoms with Crippen molar-refractivity contribution in [2.24, 2.45) is 0 Å². The highest BCUT2D eigenvalue weighted by atomic mass is 32.2. The molecular weight excluding hydrogens is 186 g/mol. The van der Waals surface area contributed by atoms with Crippen LogP contribution < -0.4 is 10.1 Å². The van der Waals surface area contributed by atoms with Crippen molar-refractivity contribution in [3.8, 4) is 5.75 Å². The first-order valence-electron chi connectivity index (χ1n) is 3.93. The molecule has 0 aromatic heterocycles. The standard InChI is InChI=1S/C9H9NO2S/c1-12-6-3-2-4-7-9(6)10-5-8(11)13-7/h2-4,10H,5H2,1H3. The van der Waals surface area contributed by atoms with Crippen LogP contribution in [0.3, 0.4) is 0 Å². The van der Waals surface area contributed by atoms with Crippen LogP contribution in [-0.2, 0) is 4.79 Å². The van der Waals surface area contributed by atoms with Gasteiger partial charge in [0.1, 0.15) is 5.75 Å². The summed E-state index contributed by atoms with van der Waals surface area (Å²) in [6.07, 6.45) is 0. The predicted molar refractivity (Wildman–Crippen MR) is 52.3 cm³/mol. The molecule has 1 aromatic carbocycles. The summed E-state index contributed by atoms with van der Waals surface area (Å²) in [5, 5.41) is 3.18. The zero-order valence-electron chi connectivity index (χ0n) is 7.16. The number of carbonyl (C=O) groups excluding carboxylic acids is 1. The van der Waals surface area contributed by atoms with E-state index in [4.69, 9.17) is 4.74 Å². The Balaban J connectivity index is 2.45. The fourth-order valence-electron chi connectivity index (χ4n) is 1.26. The van der Waals surface area contributed by atoms with Gasteiger partial charge in [0, 0.05) is 4.90 Å². The van der Waals surface area contributed by atoms with Gasteiger partial charge in [0.2, 0.25) is 5.12 Å². The van der Waals surface area contributed by atoms with Crippen molar-refractivity contribution in [2.45, 2.75) is 4.90 Å². The molecule has 68 valence electrons. The second-order valence-corrected chi connectivity index (χ2v) is 3.76. The highest BCUT2D eigenvalue weighted by molar-refractivity contribution is 8.14. The summed E-state index contributed by atoms with van der Waals surface area (Å²) in [6, 6.07) is 5.67. The molecule has 0 saturated carbocycles. The quantitative estimate of drug-likeness (QED) is 0.740. The van der Waals surface area contributed by atoms with Gasteiger partial charge in [-0.3, -0.25) is 4.79 Å². The van der Waals surface area contributed by atoms with E-state index in [9.17, 15) is 4.79 Å². The molecule has 0 unspecified atom stereocenters. The van der Waals surface area contributed by atoms with E-state index < -0.39 is 0 Å². The number of para-hydroxylation sites is 1. The topological polar surface area (TPSA) is 38.3 Å². The third-order valence-electron chi connectivity index (χ3n) is 1.84. The zero-order chi connectivity index (χ0) is 9.26. The first-order chi connectivity index (χ1) is 6.31. The summed E-state index contributed by atoms with van der Waals surface area (Å²) in [4.78, 5) is 12.0. The number of hydrogen-bond donors (Lipinski definition) is 1. The largest absolute Gasteiger partial charge is 0.495 e. The molecule has 0 amide bonds. The molecule has 0 fully saturated rings. The van der Waals surface area contributed by atoms with Crippen LogP contribution in [0.2, 0.25) is 0 Å². The highest BCUT2D eigenvalue weighted by Crippen LogP contribution is 2.38. The molecular formula is C9H9NO2S. The van der Waals surface area contributed by atoms with E-state index in [1.54, 1.807) is 7.11 Å². The summed E-state index contributed by atoms with van der Waals surface area (Å²) in [6.45, 7) is 0.373. The van der Waals surface area contributed by atoms with Gasteiger partial charge in [-0.1, -0.05) is 6.07 Å². The van der Waals surface area contributed by atoms with E-state index in [-0.39, 0.29) is 5.12 Å². The lowest BCUT2D eigenvalue weighted by atomic mass is 10.3. The van der Waals surface area contributed by atoms with Gasteiger partial charge in [-0.15, -0.1) is 0 Å². The summed E-state index contributed by atoms with van der Waals surface area (Å²) in [5.74, 6) is 0.789. The number of anilines is 1. The van der Waals surface area contributed by atoms with Gasteiger partial charge in [-0.05, 0) is 23.9 Å². The lowest BCUT2D eigenvalue weighted by Crippen LogP contribution is -2.16. The predicted octanol–water partition coefficient (Wildman–Crippen LogP) is 1.74. The van der Waals surface area contributed by atoms with Crippen LogP contribution in [-0.4, -0.2) is 18.8 Å². The van der Waals surface area contributed by atoms with E-state index in [2.05, 4.69) is 5.32 Å². The van der Waals surface area contributed by atoms with Gasteiger partial charge in [-0.2, -0.15) is 0 Å². The molecule has 0 atom stereocenters. The molecule has 0 bridgehead atoms. The summed E-state index contributed by atoms with van der Waals surface area (Å²) in [5.41, 5.74) is 0.926. The lowest BCUT2D eigenvalue weighted by molar-refractivity contribution is -0.109. The van der Waals surface area contributed by atoms with Gasteiger partial charge >= 0.3 is 0 Å². The molecule has 1 aliphatic rings. The molecule has 0 radical (unpaired) electrons. The number of benzene rings is 1. The third kappa shape index (κ3) is 1.49.